The van der Waals surface area contributed by atoms with Crippen molar-refractivity contribution in [3.8, 4) is 0 Å². The molecule has 0 aromatic heterocycles. The molecule has 0 aliphatic carbocycles. The number of hydrogen-bond acceptors (Lipinski definition) is 2. The van der Waals surface area contributed by atoms with Crippen molar-refractivity contribution < 1.29 is 26.3 Å². The highest BCUT2D eigenvalue weighted by Gasteiger charge is 2.28. The van der Waals surface area contributed by atoms with Gasteiger partial charge in [0.05, 0.1) is 0 Å². The summed E-state index contributed by atoms with van der Waals surface area (Å²) in [5, 5.41) is 0.691. The van der Waals surface area contributed by atoms with Crippen LogP contribution in [0.25, 0.3) is 0 Å². The van der Waals surface area contributed by atoms with Crippen LogP contribution in [0, 0.1) is 0 Å². The number of alkyl halides is 6. The minimum Gasteiger partial charge on any atom is -0.160 e. The van der Waals surface area contributed by atoms with Crippen LogP contribution >= 0.6 is 23.5 Å². The Balaban J connectivity index is 3.66. The quantitative estimate of drug-likeness (QED) is 0.656. The van der Waals surface area contributed by atoms with Crippen molar-refractivity contribution in [3.63, 3.8) is 0 Å². The molecule has 0 unspecified atom stereocenters. The maximum absolute atomic E-state index is 11.3. The van der Waals surface area contributed by atoms with Gasteiger partial charge in [-0.25, -0.2) is 0 Å². The Hall–Kier alpha value is 0.0200. The lowest BCUT2D eigenvalue weighted by molar-refractivity contribution is -0.0332. The molecule has 0 rings (SSSR count). The fourth-order valence-corrected chi connectivity index (χ4v) is 0.963. The average molecular weight is 228 g/mol. The predicted octanol–water partition coefficient (Wildman–Crippen LogP) is 3.96. The van der Waals surface area contributed by atoms with Crippen LogP contribution in [0.2, 0.25) is 0 Å². The van der Waals surface area contributed by atoms with Gasteiger partial charge in [-0.05, 0) is 34.3 Å². The fraction of sp³-hybridized carbons (Fsp3) is 0.500. The number of halogens is 6. The molecule has 0 aromatic rings. The van der Waals surface area contributed by atoms with Gasteiger partial charge in [0, 0.05) is 0 Å². The van der Waals surface area contributed by atoms with E-state index in [1.807, 2.05) is 0 Å². The van der Waals surface area contributed by atoms with Gasteiger partial charge >= 0.3 is 11.0 Å². The Labute approximate surface area is 72.4 Å². The second-order valence-corrected chi connectivity index (χ2v) is 3.34. The van der Waals surface area contributed by atoms with E-state index in [0.717, 1.165) is 0 Å². The Morgan fingerprint density at radius 2 is 0.917 bits per heavy atom. The summed E-state index contributed by atoms with van der Waals surface area (Å²) < 4.78 is 67.8. The molecule has 0 saturated heterocycles. The zero-order chi connectivity index (χ0) is 9.83. The van der Waals surface area contributed by atoms with Gasteiger partial charge in [-0.3, -0.25) is 0 Å². The first-order chi connectivity index (χ1) is 5.21. The lowest BCUT2D eigenvalue weighted by Crippen LogP contribution is -1.98. The third-order valence-corrected chi connectivity index (χ3v) is 1.71. The second kappa shape index (κ2) is 4.31. The van der Waals surface area contributed by atoms with E-state index in [4.69, 9.17) is 0 Å². The molecule has 0 saturated carbocycles. The van der Waals surface area contributed by atoms with E-state index in [0.29, 0.717) is 10.8 Å². The van der Waals surface area contributed by atoms with Crippen molar-refractivity contribution in [2.24, 2.45) is 0 Å². The zero-order valence-corrected chi connectivity index (χ0v) is 6.87. The lowest BCUT2D eigenvalue weighted by Gasteiger charge is -2.01. The first kappa shape index (κ1) is 12.0. The highest BCUT2D eigenvalue weighted by molar-refractivity contribution is 8.06. The molecule has 0 aliphatic heterocycles. The standard InChI is InChI=1S/C4H2F6S2/c5-3(6,7)11-1-2-12-4(8,9)10/h1-2H. The van der Waals surface area contributed by atoms with E-state index < -0.39 is 34.5 Å². The van der Waals surface area contributed by atoms with Crippen LogP contribution in [-0.4, -0.2) is 11.0 Å². The molecule has 0 radical (unpaired) electrons. The van der Waals surface area contributed by atoms with Crippen molar-refractivity contribution in [3.05, 3.63) is 10.8 Å². The van der Waals surface area contributed by atoms with Crippen molar-refractivity contribution in [2.45, 2.75) is 11.0 Å². The van der Waals surface area contributed by atoms with Gasteiger partial charge < -0.3 is 0 Å². The minimum absolute atomic E-state index is 0.345. The molecule has 0 spiro atoms. The van der Waals surface area contributed by atoms with E-state index in [9.17, 15) is 26.3 Å². The molecule has 0 aromatic carbocycles. The van der Waals surface area contributed by atoms with Gasteiger partial charge in [-0.15, -0.1) is 0 Å². The fourth-order valence-electron chi connectivity index (χ4n) is 0.210. The Morgan fingerprint density at radius 1 is 0.667 bits per heavy atom. The number of thioether (sulfide) groups is 2. The SMILES string of the molecule is FC(F)(F)SC=CSC(F)(F)F. The smallest absolute Gasteiger partial charge is 0.160 e. The van der Waals surface area contributed by atoms with Crippen molar-refractivity contribution >= 4 is 23.5 Å². The molecular weight excluding hydrogens is 226 g/mol. The molecule has 0 bridgehead atoms. The van der Waals surface area contributed by atoms with Gasteiger partial charge in [0.1, 0.15) is 0 Å². The number of rotatable bonds is 2. The van der Waals surface area contributed by atoms with Gasteiger partial charge in [-0.2, -0.15) is 26.3 Å². The van der Waals surface area contributed by atoms with Crippen molar-refractivity contribution in [1.82, 2.24) is 0 Å². The molecule has 0 nitrogen and oxygen atoms in total. The van der Waals surface area contributed by atoms with E-state index >= 15 is 0 Å². The third kappa shape index (κ3) is 10.0. The van der Waals surface area contributed by atoms with Crippen LogP contribution in [0.3, 0.4) is 0 Å². The summed E-state index contributed by atoms with van der Waals surface area (Å²) in [4.78, 5) is 0. The molecule has 72 valence electrons. The highest BCUT2D eigenvalue weighted by atomic mass is 32.2. The molecule has 0 heterocycles. The summed E-state index contributed by atoms with van der Waals surface area (Å²) in [5.74, 6) is 0. The van der Waals surface area contributed by atoms with Crippen LogP contribution in [-0.2, 0) is 0 Å². The Bertz CT molecular complexity index is 138. The van der Waals surface area contributed by atoms with Gasteiger partial charge in [0.25, 0.3) is 0 Å². The van der Waals surface area contributed by atoms with Crippen LogP contribution < -0.4 is 0 Å². The normalized spacial score (nSPS) is 14.2. The van der Waals surface area contributed by atoms with Crippen LogP contribution in [0.4, 0.5) is 26.3 Å². The molecule has 0 amide bonds. The zero-order valence-electron chi connectivity index (χ0n) is 5.24. The maximum Gasteiger partial charge on any atom is 0.445 e. The van der Waals surface area contributed by atoms with Gasteiger partial charge in [-0.1, -0.05) is 0 Å². The monoisotopic (exact) mass is 228 g/mol. The average Bonchev–Trinajstić information content (AvgIpc) is 1.76. The largest absolute Gasteiger partial charge is 0.445 e. The Kier molecular flexibility index (Phi) is 4.32. The van der Waals surface area contributed by atoms with Crippen LogP contribution in [0.5, 0.6) is 0 Å². The summed E-state index contributed by atoms with van der Waals surface area (Å²) in [7, 11) is 0. The van der Waals surface area contributed by atoms with Gasteiger partial charge in [0.2, 0.25) is 0 Å². The summed E-state index contributed by atoms with van der Waals surface area (Å²) in [6.45, 7) is 0. The second-order valence-electron chi connectivity index (χ2n) is 1.40. The predicted molar refractivity (Wildman–Crippen MR) is 36.4 cm³/mol. The number of hydrogen-bond donors (Lipinski definition) is 0. The maximum atomic E-state index is 11.3. The molecule has 0 N–H and O–H groups in total. The first-order valence-electron chi connectivity index (χ1n) is 2.35. The third-order valence-electron chi connectivity index (χ3n) is 0.459. The van der Waals surface area contributed by atoms with E-state index in [-0.39, 0.29) is 0 Å². The first-order valence-corrected chi connectivity index (χ1v) is 4.11. The lowest BCUT2D eigenvalue weighted by atomic mass is 11.2. The van der Waals surface area contributed by atoms with E-state index in [1.165, 1.54) is 0 Å². The molecule has 12 heavy (non-hydrogen) atoms. The summed E-state index contributed by atoms with van der Waals surface area (Å²) in [5.41, 5.74) is -9.05. The van der Waals surface area contributed by atoms with Crippen LogP contribution in [0.15, 0.2) is 10.8 Å². The van der Waals surface area contributed by atoms with E-state index in [1.54, 1.807) is 0 Å². The summed E-state index contributed by atoms with van der Waals surface area (Å²) >= 11 is -1.25. The van der Waals surface area contributed by atoms with Gasteiger partial charge in [0.15, 0.2) is 0 Å². The summed E-state index contributed by atoms with van der Waals surface area (Å²) in [6, 6.07) is 0. The topological polar surface area (TPSA) is 0 Å². The van der Waals surface area contributed by atoms with Crippen LogP contribution in [0.1, 0.15) is 0 Å². The molecule has 8 heteroatoms. The van der Waals surface area contributed by atoms with Crippen molar-refractivity contribution in [2.75, 3.05) is 0 Å². The molecule has 0 fully saturated rings. The molecule has 0 aliphatic rings. The van der Waals surface area contributed by atoms with Crippen molar-refractivity contribution in [1.29, 1.82) is 0 Å². The molecule has 0 atom stereocenters. The summed E-state index contributed by atoms with van der Waals surface area (Å²) in [6.07, 6.45) is 0. The van der Waals surface area contributed by atoms with E-state index in [2.05, 4.69) is 0 Å². The molecular formula is C4H2F6S2. The minimum atomic E-state index is -4.53. The highest BCUT2D eigenvalue weighted by Crippen LogP contribution is 2.35. The Morgan fingerprint density at radius 3 is 1.08 bits per heavy atom.